The predicted molar refractivity (Wildman–Crippen MR) is 92.1 cm³/mol. The second-order valence-electron chi connectivity index (χ2n) is 5.61. The van der Waals surface area contributed by atoms with Crippen LogP contribution < -0.4 is 5.19 Å². The molecule has 0 saturated carbocycles. The van der Waals surface area contributed by atoms with Crippen molar-refractivity contribution in [3.8, 4) is 11.1 Å². The zero-order chi connectivity index (χ0) is 13.9. The summed E-state index contributed by atoms with van der Waals surface area (Å²) in [4.78, 5) is 0. The largest absolute Gasteiger partial charge is 0.0801 e. The van der Waals surface area contributed by atoms with Crippen LogP contribution in [0.3, 0.4) is 0 Å². The Balaban J connectivity index is 2.22. The van der Waals surface area contributed by atoms with E-state index < -0.39 is 8.80 Å². The molecule has 2 aromatic carbocycles. The maximum absolute atomic E-state index is 2.41. The average molecular weight is 276 g/mol. The van der Waals surface area contributed by atoms with Crippen LogP contribution in [-0.2, 0) is 0 Å². The van der Waals surface area contributed by atoms with Gasteiger partial charge in [0.05, 0.1) is 8.80 Å². The van der Waals surface area contributed by atoms with Crippen molar-refractivity contribution >= 4 is 19.6 Å². The van der Waals surface area contributed by atoms with E-state index in [1.807, 2.05) is 0 Å². The maximum atomic E-state index is 2.41. The van der Waals surface area contributed by atoms with Crippen LogP contribution in [0.15, 0.2) is 66.8 Å². The van der Waals surface area contributed by atoms with Crippen LogP contribution in [0.4, 0.5) is 0 Å². The van der Waals surface area contributed by atoms with Crippen molar-refractivity contribution in [1.29, 1.82) is 0 Å². The van der Waals surface area contributed by atoms with Crippen molar-refractivity contribution in [3.63, 3.8) is 0 Å². The van der Waals surface area contributed by atoms with Gasteiger partial charge >= 0.3 is 0 Å². The minimum absolute atomic E-state index is 0.845. The lowest BCUT2D eigenvalue weighted by Crippen LogP contribution is -2.27. The van der Waals surface area contributed by atoms with Gasteiger partial charge in [0.25, 0.3) is 0 Å². The van der Waals surface area contributed by atoms with Crippen LogP contribution >= 0.6 is 0 Å². The van der Waals surface area contributed by atoms with Gasteiger partial charge in [0.2, 0.25) is 0 Å². The first kappa shape index (κ1) is 13.1. The molecule has 20 heavy (non-hydrogen) atoms. The Hall–Kier alpha value is -1.86. The first-order valence-electron chi connectivity index (χ1n) is 7.32. The predicted octanol–water partition coefficient (Wildman–Crippen LogP) is 4.39. The molecule has 0 unspecified atom stereocenters. The highest BCUT2D eigenvalue weighted by Crippen LogP contribution is 2.31. The van der Waals surface area contributed by atoms with Crippen LogP contribution in [0.5, 0.6) is 0 Å². The molecule has 0 fully saturated rings. The van der Waals surface area contributed by atoms with Crippen molar-refractivity contribution in [1.82, 2.24) is 0 Å². The van der Waals surface area contributed by atoms with E-state index in [0.717, 1.165) is 6.42 Å². The van der Waals surface area contributed by atoms with Gasteiger partial charge in [-0.25, -0.2) is 0 Å². The molecule has 1 aliphatic rings. The molecule has 0 atom stereocenters. The Morgan fingerprint density at radius 3 is 2.35 bits per heavy atom. The summed E-state index contributed by atoms with van der Waals surface area (Å²) >= 11 is 0. The van der Waals surface area contributed by atoms with Gasteiger partial charge < -0.3 is 0 Å². The van der Waals surface area contributed by atoms with Crippen molar-refractivity contribution in [2.45, 2.75) is 19.5 Å². The number of benzene rings is 2. The molecule has 1 aliphatic carbocycles. The summed E-state index contributed by atoms with van der Waals surface area (Å²) in [5.41, 5.74) is 5.68. The zero-order valence-electron chi connectivity index (χ0n) is 12.1. The van der Waals surface area contributed by atoms with E-state index in [0.29, 0.717) is 0 Å². The Morgan fingerprint density at radius 1 is 0.900 bits per heavy atom. The molecule has 0 nitrogen and oxygen atoms in total. The summed E-state index contributed by atoms with van der Waals surface area (Å²) in [5.74, 6) is 0. The molecule has 0 heterocycles. The molecule has 100 valence electrons. The van der Waals surface area contributed by atoms with E-state index >= 15 is 0 Å². The van der Waals surface area contributed by atoms with Gasteiger partial charge in [-0.05, 0) is 28.7 Å². The van der Waals surface area contributed by atoms with Crippen molar-refractivity contribution in [2.24, 2.45) is 0 Å². The third-order valence-corrected chi connectivity index (χ3v) is 5.62. The van der Waals surface area contributed by atoms with E-state index in [-0.39, 0.29) is 0 Å². The molecule has 0 amide bonds. The van der Waals surface area contributed by atoms with E-state index in [2.05, 4.69) is 79.9 Å². The lowest BCUT2D eigenvalue weighted by molar-refractivity contribution is 1.44. The summed E-state index contributed by atoms with van der Waals surface area (Å²) in [6.45, 7) is 4.83. The van der Waals surface area contributed by atoms with Crippen LogP contribution in [-0.4, -0.2) is 8.80 Å². The van der Waals surface area contributed by atoms with Crippen molar-refractivity contribution < 1.29 is 0 Å². The van der Waals surface area contributed by atoms with E-state index in [9.17, 15) is 0 Å². The van der Waals surface area contributed by atoms with Gasteiger partial charge in [0, 0.05) is 0 Å². The minimum Gasteiger partial charge on any atom is -0.0801 e. The number of hydrogen-bond acceptors (Lipinski definition) is 0. The highest BCUT2D eigenvalue weighted by Gasteiger charge is 2.16. The third kappa shape index (κ3) is 2.41. The van der Waals surface area contributed by atoms with Crippen LogP contribution in [0.2, 0.25) is 13.1 Å². The van der Waals surface area contributed by atoms with E-state index in [1.165, 1.54) is 22.3 Å². The van der Waals surface area contributed by atoms with E-state index in [1.54, 1.807) is 5.19 Å². The van der Waals surface area contributed by atoms with E-state index in [4.69, 9.17) is 0 Å². The Labute approximate surface area is 123 Å². The summed E-state index contributed by atoms with van der Waals surface area (Å²) in [6, 6.07) is 17.6. The van der Waals surface area contributed by atoms with Gasteiger partial charge in [0.1, 0.15) is 0 Å². The Morgan fingerprint density at radius 2 is 1.70 bits per heavy atom. The quantitative estimate of drug-likeness (QED) is 0.729. The number of hydrogen-bond donors (Lipinski definition) is 0. The minimum atomic E-state index is -0.845. The van der Waals surface area contributed by atoms with Gasteiger partial charge in [-0.3, -0.25) is 0 Å². The molecule has 0 saturated heterocycles. The standard InChI is InChI=1S/C19H20Si/c1-20(2)18-14-8-13-17(15-9-4-3-5-10-15)19(18)16-11-6-7-12-16/h3-11,13-14,20H,12H2,1-2H3. The average Bonchev–Trinajstić information content (AvgIpc) is 3.01. The molecule has 1 heteroatoms. The fourth-order valence-electron chi connectivity index (χ4n) is 2.90. The van der Waals surface area contributed by atoms with Crippen molar-refractivity contribution in [2.75, 3.05) is 0 Å². The van der Waals surface area contributed by atoms with Gasteiger partial charge in [-0.1, -0.05) is 85.0 Å². The fourth-order valence-corrected chi connectivity index (χ4v) is 4.31. The second kappa shape index (κ2) is 5.64. The monoisotopic (exact) mass is 276 g/mol. The molecule has 0 N–H and O–H groups in total. The third-order valence-electron chi connectivity index (χ3n) is 3.90. The van der Waals surface area contributed by atoms with Gasteiger partial charge in [-0.2, -0.15) is 0 Å². The lowest BCUT2D eigenvalue weighted by Gasteiger charge is -2.18. The van der Waals surface area contributed by atoms with Crippen molar-refractivity contribution in [3.05, 3.63) is 72.3 Å². The second-order valence-corrected chi connectivity index (χ2v) is 8.55. The first-order chi connectivity index (χ1) is 9.77. The number of allylic oxidation sites excluding steroid dienone is 4. The van der Waals surface area contributed by atoms with Crippen LogP contribution in [0.1, 0.15) is 12.0 Å². The highest BCUT2D eigenvalue weighted by molar-refractivity contribution is 6.71. The lowest BCUT2D eigenvalue weighted by atomic mass is 9.94. The molecule has 2 aromatic rings. The normalized spacial score (nSPS) is 13.8. The zero-order valence-corrected chi connectivity index (χ0v) is 13.3. The topological polar surface area (TPSA) is 0 Å². The molecule has 0 spiro atoms. The fraction of sp³-hybridized carbons (Fsp3) is 0.158. The molecule has 0 aliphatic heterocycles. The smallest absolute Gasteiger partial charge is 0.0655 e. The summed E-state index contributed by atoms with van der Waals surface area (Å²) in [6.07, 6.45) is 7.78. The maximum Gasteiger partial charge on any atom is 0.0655 e. The molecular weight excluding hydrogens is 256 g/mol. The Kier molecular flexibility index (Phi) is 3.70. The molecule has 3 rings (SSSR count). The highest BCUT2D eigenvalue weighted by atomic mass is 28.3. The summed E-state index contributed by atoms with van der Waals surface area (Å²) in [5, 5.41) is 1.58. The first-order valence-corrected chi connectivity index (χ1v) is 10.2. The molecule has 0 bridgehead atoms. The van der Waals surface area contributed by atoms with Gasteiger partial charge in [-0.15, -0.1) is 0 Å². The van der Waals surface area contributed by atoms with Crippen LogP contribution in [0.25, 0.3) is 16.7 Å². The Bertz CT molecular complexity index is 663. The van der Waals surface area contributed by atoms with Gasteiger partial charge in [0.15, 0.2) is 0 Å². The molecular formula is C19H20Si. The number of rotatable bonds is 3. The summed E-state index contributed by atoms with van der Waals surface area (Å²) in [7, 11) is -0.845. The SMILES string of the molecule is C[SiH](C)c1cccc(-c2ccccc2)c1C1=CC=CC1. The van der Waals surface area contributed by atoms with Crippen LogP contribution in [0, 0.1) is 0 Å². The molecule has 0 aromatic heterocycles. The summed E-state index contributed by atoms with van der Waals surface area (Å²) < 4.78 is 0. The molecule has 0 radical (unpaired) electrons.